The zero-order valence-corrected chi connectivity index (χ0v) is 29.0. The second-order valence-electron chi connectivity index (χ2n) is 13.4. The number of nitro groups is 1. The number of ether oxygens (including phenoxy) is 1. The lowest BCUT2D eigenvalue weighted by molar-refractivity contribution is -0.384. The highest BCUT2D eigenvalue weighted by molar-refractivity contribution is 6.33. The molecule has 1 saturated carbocycles. The molecule has 0 spiro atoms. The van der Waals surface area contributed by atoms with Crippen LogP contribution in [0.2, 0.25) is 10.0 Å². The molecule has 8 rings (SSSR count). The van der Waals surface area contributed by atoms with Crippen molar-refractivity contribution in [3.05, 3.63) is 134 Å². The van der Waals surface area contributed by atoms with E-state index in [1.54, 1.807) is 60.7 Å². The lowest BCUT2D eigenvalue weighted by Crippen LogP contribution is -2.53. The first-order valence-corrected chi connectivity index (χ1v) is 17.3. The van der Waals surface area contributed by atoms with Gasteiger partial charge in [-0.15, -0.1) is 0 Å². The van der Waals surface area contributed by atoms with Gasteiger partial charge in [0, 0.05) is 23.1 Å². The summed E-state index contributed by atoms with van der Waals surface area (Å²) in [6, 6.07) is 23.8. The molecule has 4 aromatic carbocycles. The third kappa shape index (κ3) is 4.72. The number of aromatic hydroxyl groups is 1. The average Bonchev–Trinajstić information content (AvgIpc) is 3.53. The molecule has 11 nitrogen and oxygen atoms in total. The molecule has 2 heterocycles. The van der Waals surface area contributed by atoms with E-state index in [4.69, 9.17) is 27.9 Å². The van der Waals surface area contributed by atoms with Gasteiger partial charge in [-0.1, -0.05) is 71.2 Å². The summed E-state index contributed by atoms with van der Waals surface area (Å²) < 4.78 is 5.50. The molecule has 2 aliphatic carbocycles. The summed E-state index contributed by atoms with van der Waals surface area (Å²) in [6.07, 6.45) is 2.13. The number of allylic oxidation sites excluding steroid dienone is 2. The van der Waals surface area contributed by atoms with Crippen molar-refractivity contribution in [1.82, 2.24) is 0 Å². The highest BCUT2D eigenvalue weighted by atomic mass is 35.5. The molecular weight excluding hydrogens is 709 g/mol. The van der Waals surface area contributed by atoms with Crippen LogP contribution in [0.15, 0.2) is 103 Å². The second-order valence-corrected chi connectivity index (χ2v) is 14.3. The molecule has 0 bridgehead atoms. The summed E-state index contributed by atoms with van der Waals surface area (Å²) in [5.74, 6) is -6.39. The Balaban J connectivity index is 1.35. The molecule has 3 fully saturated rings. The van der Waals surface area contributed by atoms with Gasteiger partial charge in [0.2, 0.25) is 23.6 Å². The number of non-ortho nitro benzene ring substituents is 1. The predicted molar refractivity (Wildman–Crippen MR) is 191 cm³/mol. The lowest BCUT2D eigenvalue weighted by Gasteiger charge is -2.50. The number of fused-ring (bicyclic) bond motifs is 4. The van der Waals surface area contributed by atoms with E-state index >= 15 is 4.79 Å². The van der Waals surface area contributed by atoms with E-state index in [0.717, 1.165) is 9.80 Å². The van der Waals surface area contributed by atoms with Crippen molar-refractivity contribution in [3.8, 4) is 11.5 Å². The predicted octanol–water partition coefficient (Wildman–Crippen LogP) is 6.98. The van der Waals surface area contributed by atoms with Crippen LogP contribution in [0.1, 0.15) is 29.9 Å². The molecule has 2 saturated heterocycles. The van der Waals surface area contributed by atoms with Gasteiger partial charge in [-0.25, -0.2) is 4.90 Å². The third-order valence-corrected chi connectivity index (χ3v) is 11.6. The van der Waals surface area contributed by atoms with Crippen LogP contribution in [0.4, 0.5) is 17.1 Å². The number of carbonyl (C=O) groups excluding carboxylic acids is 4. The van der Waals surface area contributed by atoms with Crippen LogP contribution in [0.3, 0.4) is 0 Å². The van der Waals surface area contributed by atoms with Gasteiger partial charge >= 0.3 is 0 Å². The number of phenols is 1. The van der Waals surface area contributed by atoms with Crippen molar-refractivity contribution in [3.63, 3.8) is 0 Å². The molecular formula is C39H29Cl2N3O8. The van der Waals surface area contributed by atoms with Crippen molar-refractivity contribution in [2.75, 3.05) is 16.9 Å². The number of halogens is 2. The van der Waals surface area contributed by atoms with Gasteiger partial charge in [0.25, 0.3) is 5.69 Å². The Morgan fingerprint density at radius 1 is 0.846 bits per heavy atom. The number of hydrogen-bond donors (Lipinski definition) is 1. The quantitative estimate of drug-likeness (QED) is 0.0965. The number of benzene rings is 4. The molecule has 52 heavy (non-hydrogen) atoms. The van der Waals surface area contributed by atoms with E-state index in [2.05, 4.69) is 0 Å². The summed E-state index contributed by atoms with van der Waals surface area (Å²) in [6.45, 7) is 0. The zero-order valence-electron chi connectivity index (χ0n) is 27.4. The van der Waals surface area contributed by atoms with Gasteiger partial charge in [-0.3, -0.25) is 34.2 Å². The van der Waals surface area contributed by atoms with Gasteiger partial charge in [-0.05, 0) is 72.4 Å². The molecule has 262 valence electrons. The highest BCUT2D eigenvalue weighted by Gasteiger charge is 2.70. The Hall–Kier alpha value is -5.52. The number of carbonyl (C=O) groups is 4. The van der Waals surface area contributed by atoms with E-state index in [1.165, 1.54) is 31.4 Å². The van der Waals surface area contributed by atoms with Crippen molar-refractivity contribution >= 4 is 63.9 Å². The van der Waals surface area contributed by atoms with E-state index in [1.807, 2.05) is 12.1 Å². The number of rotatable bonds is 6. The topological polar surface area (TPSA) is 147 Å². The monoisotopic (exact) mass is 737 g/mol. The maximum atomic E-state index is 15.3. The van der Waals surface area contributed by atoms with Crippen LogP contribution in [0, 0.1) is 33.8 Å². The van der Waals surface area contributed by atoms with Crippen LogP contribution in [0.25, 0.3) is 0 Å². The van der Waals surface area contributed by atoms with Crippen LogP contribution in [0.5, 0.6) is 11.5 Å². The van der Waals surface area contributed by atoms with Gasteiger partial charge in [-0.2, -0.15) is 0 Å². The normalized spacial score (nSPS) is 26.5. The van der Waals surface area contributed by atoms with Crippen LogP contribution in [-0.2, 0) is 24.6 Å². The van der Waals surface area contributed by atoms with E-state index in [0.29, 0.717) is 27.4 Å². The highest BCUT2D eigenvalue weighted by Crippen LogP contribution is 2.65. The SMILES string of the molecule is COc1cc(C2C3=CCC4C(=O)N(c5ccc([N+](=O)[O-])cc5)C(=O)C4C3CC3C(=O)N(c4cccc(Cl)c4)C(=O)C32c2ccccc2)cc(Cl)c1O. The average molecular weight is 739 g/mol. The molecule has 4 aliphatic rings. The number of methoxy groups -OCH3 is 1. The van der Waals surface area contributed by atoms with E-state index < -0.39 is 63.6 Å². The Kier molecular flexibility index (Phi) is 7.96. The van der Waals surface area contributed by atoms with Gasteiger partial charge in [0.15, 0.2) is 11.5 Å². The fourth-order valence-electron chi connectivity index (χ4n) is 9.01. The fraction of sp³-hybridized carbons (Fsp3) is 0.231. The van der Waals surface area contributed by atoms with E-state index in [-0.39, 0.29) is 40.7 Å². The minimum absolute atomic E-state index is 0.0366. The molecule has 13 heteroatoms. The number of nitrogens with zero attached hydrogens (tertiary/aromatic N) is 3. The Morgan fingerprint density at radius 2 is 1.58 bits per heavy atom. The molecule has 6 unspecified atom stereocenters. The standard InChI is InChI=1S/C39H29Cl2N3O8/c1-52-31-17-20(16-30(41)34(31)45)33-26-14-15-27-32(37(48)42(35(27)46)23-10-12-24(13-11-23)44(50)51)28(26)19-29-36(47)43(25-9-5-8-22(40)18-25)38(49)39(29,33)21-6-3-2-4-7-21/h2-14,16-18,27-29,32-33,45H,15,19H2,1H3. The number of hydrogen-bond acceptors (Lipinski definition) is 8. The number of amides is 4. The largest absolute Gasteiger partial charge is 0.503 e. The summed E-state index contributed by atoms with van der Waals surface area (Å²) in [5, 5.41) is 22.4. The Labute approximate surface area is 307 Å². The number of imide groups is 2. The summed E-state index contributed by atoms with van der Waals surface area (Å²) in [7, 11) is 1.37. The number of phenolic OH excluding ortho intramolecular Hbond substituents is 1. The first-order valence-electron chi connectivity index (χ1n) is 16.6. The summed E-state index contributed by atoms with van der Waals surface area (Å²) >= 11 is 13.0. The minimum Gasteiger partial charge on any atom is -0.503 e. The molecule has 2 aliphatic heterocycles. The first kappa shape index (κ1) is 33.6. The van der Waals surface area contributed by atoms with Crippen molar-refractivity contribution in [2.24, 2.45) is 23.7 Å². The van der Waals surface area contributed by atoms with Gasteiger partial charge in [0.1, 0.15) is 0 Å². The zero-order chi connectivity index (χ0) is 36.6. The summed E-state index contributed by atoms with van der Waals surface area (Å²) in [4.78, 5) is 71.7. The second kappa shape index (κ2) is 12.3. The molecule has 1 N–H and O–H groups in total. The third-order valence-electron chi connectivity index (χ3n) is 11.1. The van der Waals surface area contributed by atoms with Crippen molar-refractivity contribution in [1.29, 1.82) is 0 Å². The van der Waals surface area contributed by atoms with Gasteiger partial charge < -0.3 is 9.84 Å². The van der Waals surface area contributed by atoms with Crippen molar-refractivity contribution < 1.29 is 33.9 Å². The maximum absolute atomic E-state index is 15.3. The van der Waals surface area contributed by atoms with Crippen molar-refractivity contribution in [2.45, 2.75) is 24.2 Å². The van der Waals surface area contributed by atoms with Crippen LogP contribution >= 0.6 is 23.2 Å². The maximum Gasteiger partial charge on any atom is 0.269 e. The molecule has 4 aromatic rings. The molecule has 0 radical (unpaired) electrons. The minimum atomic E-state index is -1.55. The number of anilines is 2. The Morgan fingerprint density at radius 3 is 2.25 bits per heavy atom. The Bertz CT molecular complexity index is 2240. The smallest absolute Gasteiger partial charge is 0.269 e. The van der Waals surface area contributed by atoms with E-state index in [9.17, 15) is 29.6 Å². The molecule has 0 aromatic heterocycles. The van der Waals surface area contributed by atoms with Crippen LogP contribution in [-0.4, -0.2) is 40.8 Å². The van der Waals surface area contributed by atoms with Crippen LogP contribution < -0.4 is 14.5 Å². The molecule has 4 amide bonds. The fourth-order valence-corrected chi connectivity index (χ4v) is 9.42. The van der Waals surface area contributed by atoms with Gasteiger partial charge in [0.05, 0.1) is 51.6 Å². The summed E-state index contributed by atoms with van der Waals surface area (Å²) in [5.41, 5.74) is 0.486. The number of nitro benzene ring substituents is 1. The lowest BCUT2D eigenvalue weighted by atomic mass is 9.49. The first-order chi connectivity index (χ1) is 25.0. The molecule has 6 atom stereocenters.